The van der Waals surface area contributed by atoms with Crippen molar-refractivity contribution in [2.45, 2.75) is 42.4 Å². The average Bonchev–Trinajstić information content (AvgIpc) is 2.88. The second kappa shape index (κ2) is 13.7. The molecule has 1 amide bonds. The lowest BCUT2D eigenvalue weighted by atomic mass is 10.1. The number of alkyl carbamates (subject to hydrolysis) is 1. The first-order chi connectivity index (χ1) is 17.3. The quantitative estimate of drug-likeness (QED) is 0.182. The summed E-state index contributed by atoms with van der Waals surface area (Å²) in [4.78, 5) is 14.9. The lowest BCUT2D eigenvalue weighted by Gasteiger charge is -2.29. The van der Waals surface area contributed by atoms with Crippen molar-refractivity contribution in [3.63, 3.8) is 0 Å². The minimum absolute atomic E-state index is 0.0966. The molecule has 3 aromatic rings. The van der Waals surface area contributed by atoms with Gasteiger partial charge in [-0.3, -0.25) is 0 Å². The Morgan fingerprint density at radius 1 is 0.833 bits per heavy atom. The van der Waals surface area contributed by atoms with Crippen LogP contribution in [-0.2, 0) is 15.9 Å². The second-order valence-electron chi connectivity index (χ2n) is 8.42. The molecule has 3 aromatic carbocycles. The Balaban J connectivity index is 1.86. The molecule has 0 radical (unpaired) electrons. The second-order valence-corrected chi connectivity index (χ2v) is 12.3. The van der Waals surface area contributed by atoms with E-state index < -0.39 is 19.5 Å². The fraction of sp³-hybridized carbons (Fsp3) is 0.296. The Bertz CT molecular complexity index is 1090. The van der Waals surface area contributed by atoms with Gasteiger partial charge in [0, 0.05) is 9.79 Å². The molecule has 0 unspecified atom stereocenters. The van der Waals surface area contributed by atoms with E-state index in [-0.39, 0.29) is 12.5 Å². The number of amides is 1. The van der Waals surface area contributed by atoms with Gasteiger partial charge in [-0.25, -0.2) is 9.36 Å². The maximum Gasteiger partial charge on any atom is 0.453 e. The first-order valence-corrected chi connectivity index (χ1v) is 15.6. The molecule has 0 fully saturated rings. The van der Waals surface area contributed by atoms with E-state index in [1.165, 1.54) is 0 Å². The van der Waals surface area contributed by atoms with Crippen molar-refractivity contribution >= 4 is 37.2 Å². The Hall–Kier alpha value is -2.54. The zero-order chi connectivity index (χ0) is 26.0. The summed E-state index contributed by atoms with van der Waals surface area (Å²) >= 11 is 3.19. The summed E-state index contributed by atoms with van der Waals surface area (Å²) in [6.45, 7) is 4.06. The minimum Gasteiger partial charge on any atom is -0.445 e. The molecule has 0 saturated carbocycles. The highest BCUT2D eigenvalue weighted by molar-refractivity contribution is 7.98. The fourth-order valence-electron chi connectivity index (χ4n) is 3.33. The fourth-order valence-corrected chi connectivity index (χ4v) is 6.21. The average molecular weight is 546 g/mol. The van der Waals surface area contributed by atoms with Gasteiger partial charge < -0.3 is 19.1 Å². The molecule has 1 N–H and O–H groups in total. The lowest BCUT2D eigenvalue weighted by molar-refractivity contribution is 0.136. The van der Waals surface area contributed by atoms with Crippen LogP contribution in [0.1, 0.15) is 25.8 Å². The van der Waals surface area contributed by atoms with Crippen LogP contribution in [-0.4, -0.2) is 24.4 Å². The van der Waals surface area contributed by atoms with Crippen LogP contribution in [0.5, 0.6) is 11.5 Å². The van der Waals surface area contributed by atoms with Gasteiger partial charge >= 0.3 is 13.7 Å². The molecule has 0 saturated heterocycles. The molecule has 3 rings (SSSR count). The molecule has 36 heavy (non-hydrogen) atoms. The lowest BCUT2D eigenvalue weighted by Crippen LogP contribution is -2.38. The summed E-state index contributed by atoms with van der Waals surface area (Å²) in [6.07, 6.45) is 3.63. The van der Waals surface area contributed by atoms with E-state index in [0.29, 0.717) is 17.9 Å². The van der Waals surface area contributed by atoms with Crippen LogP contribution in [0, 0.1) is 5.92 Å². The molecule has 0 aliphatic rings. The number of benzene rings is 3. The van der Waals surface area contributed by atoms with Gasteiger partial charge in [-0.05, 0) is 78.9 Å². The summed E-state index contributed by atoms with van der Waals surface area (Å²) in [6, 6.07) is 23.9. The molecule has 0 aliphatic carbocycles. The van der Waals surface area contributed by atoms with Crippen molar-refractivity contribution in [1.29, 1.82) is 0 Å². The van der Waals surface area contributed by atoms with Crippen LogP contribution in [0.4, 0.5) is 4.79 Å². The molecule has 6 nitrogen and oxygen atoms in total. The minimum atomic E-state index is -3.95. The zero-order valence-corrected chi connectivity index (χ0v) is 23.4. The molecule has 0 spiro atoms. The van der Waals surface area contributed by atoms with E-state index in [0.717, 1.165) is 15.4 Å². The molecule has 0 heterocycles. The van der Waals surface area contributed by atoms with E-state index in [4.69, 9.17) is 13.8 Å². The van der Waals surface area contributed by atoms with Crippen molar-refractivity contribution in [2.75, 3.05) is 12.5 Å². The Morgan fingerprint density at radius 3 is 1.78 bits per heavy atom. The third kappa shape index (κ3) is 8.54. The van der Waals surface area contributed by atoms with Crippen molar-refractivity contribution < 1.29 is 23.1 Å². The number of hydrogen-bond acceptors (Lipinski definition) is 7. The number of thioether (sulfide) groups is 2. The van der Waals surface area contributed by atoms with Gasteiger partial charge in [0.25, 0.3) is 0 Å². The smallest absolute Gasteiger partial charge is 0.445 e. The van der Waals surface area contributed by atoms with Crippen molar-refractivity contribution in [3.8, 4) is 11.5 Å². The van der Waals surface area contributed by atoms with Gasteiger partial charge in [-0.1, -0.05) is 44.2 Å². The van der Waals surface area contributed by atoms with Crippen molar-refractivity contribution in [3.05, 3.63) is 84.4 Å². The van der Waals surface area contributed by atoms with Crippen LogP contribution < -0.4 is 14.4 Å². The van der Waals surface area contributed by atoms with E-state index in [1.807, 2.05) is 81.0 Å². The first-order valence-electron chi connectivity index (χ1n) is 11.6. The monoisotopic (exact) mass is 545 g/mol. The van der Waals surface area contributed by atoms with Crippen LogP contribution in [0.15, 0.2) is 88.7 Å². The summed E-state index contributed by atoms with van der Waals surface area (Å²) in [7, 11) is -3.95. The number of nitrogens with one attached hydrogen (secondary N) is 1. The van der Waals surface area contributed by atoms with Gasteiger partial charge in [0.1, 0.15) is 18.1 Å². The Morgan fingerprint density at radius 2 is 1.33 bits per heavy atom. The molecule has 0 bridgehead atoms. The van der Waals surface area contributed by atoms with Gasteiger partial charge in [-0.15, -0.1) is 23.5 Å². The predicted molar refractivity (Wildman–Crippen MR) is 148 cm³/mol. The third-order valence-electron chi connectivity index (χ3n) is 5.16. The van der Waals surface area contributed by atoms with Crippen molar-refractivity contribution in [2.24, 2.45) is 5.92 Å². The topological polar surface area (TPSA) is 73.9 Å². The molecular formula is C27H32NO5PS2. The van der Waals surface area contributed by atoms with Gasteiger partial charge in [0.2, 0.25) is 0 Å². The van der Waals surface area contributed by atoms with Gasteiger partial charge in [0.15, 0.2) is 5.78 Å². The van der Waals surface area contributed by atoms with Crippen LogP contribution in [0.25, 0.3) is 0 Å². The number of carbonyl (C=O) groups excluding carboxylic acids is 1. The molecule has 0 aliphatic heterocycles. The normalized spacial score (nSPS) is 12.1. The Kier molecular flexibility index (Phi) is 10.7. The predicted octanol–water partition coefficient (Wildman–Crippen LogP) is 8.08. The van der Waals surface area contributed by atoms with E-state index in [9.17, 15) is 9.36 Å². The van der Waals surface area contributed by atoms with E-state index in [1.54, 1.807) is 47.8 Å². The maximum absolute atomic E-state index is 14.4. The summed E-state index contributed by atoms with van der Waals surface area (Å²) in [5, 5.41) is 2.76. The van der Waals surface area contributed by atoms with Crippen LogP contribution >= 0.6 is 31.1 Å². The molecule has 9 heteroatoms. The maximum atomic E-state index is 14.4. The highest BCUT2D eigenvalue weighted by Crippen LogP contribution is 2.54. The SMILES string of the molecule is CSc1ccc(OP(=O)(Oc2ccc(SC)cc2)[C@@H](CC(C)C)NC(=O)OCc2ccccc2)cc1. The number of ether oxygens (including phenoxy) is 1. The molecule has 0 aromatic heterocycles. The summed E-state index contributed by atoms with van der Waals surface area (Å²) < 4.78 is 31.9. The summed E-state index contributed by atoms with van der Waals surface area (Å²) in [5.41, 5.74) is 0.853. The highest BCUT2D eigenvalue weighted by Gasteiger charge is 2.41. The highest BCUT2D eigenvalue weighted by atomic mass is 32.2. The number of rotatable bonds is 12. The first kappa shape index (κ1) is 28.0. The number of carbonyl (C=O) groups is 1. The van der Waals surface area contributed by atoms with Crippen LogP contribution in [0.2, 0.25) is 0 Å². The molecule has 1 atom stereocenters. The van der Waals surface area contributed by atoms with Crippen molar-refractivity contribution in [1.82, 2.24) is 5.32 Å². The van der Waals surface area contributed by atoms with Gasteiger partial charge in [-0.2, -0.15) is 0 Å². The van der Waals surface area contributed by atoms with E-state index >= 15 is 0 Å². The number of hydrogen-bond donors (Lipinski definition) is 1. The Labute approximate surface area is 222 Å². The third-order valence-corrected chi connectivity index (χ3v) is 8.68. The largest absolute Gasteiger partial charge is 0.453 e. The van der Waals surface area contributed by atoms with Gasteiger partial charge in [0.05, 0.1) is 0 Å². The van der Waals surface area contributed by atoms with Crippen LogP contribution in [0.3, 0.4) is 0 Å². The standard InChI is InChI=1S/C27H32NO5PS2/c1-20(2)18-26(28-27(29)31-19-21-8-6-5-7-9-21)34(30,32-22-10-14-24(35-3)15-11-22)33-23-12-16-25(36-4)17-13-23/h5-17,20,26H,18-19H2,1-4H3,(H,28,29)/t26-/m0/s1. The van der Waals surface area contributed by atoms with E-state index in [2.05, 4.69) is 5.32 Å². The molecule has 192 valence electrons. The summed E-state index contributed by atoms with van der Waals surface area (Å²) in [5.74, 6) is -0.0425. The molecular weight excluding hydrogens is 513 g/mol. The zero-order valence-electron chi connectivity index (χ0n) is 20.9.